The van der Waals surface area contributed by atoms with Crippen molar-refractivity contribution in [2.24, 2.45) is 0 Å². The van der Waals surface area contributed by atoms with Gasteiger partial charge in [-0.15, -0.1) is 0 Å². The normalized spacial score (nSPS) is 14.4. The molecule has 0 unspecified atom stereocenters. The van der Waals surface area contributed by atoms with Crippen LogP contribution in [0.5, 0.6) is 0 Å². The molecule has 5 nitrogen and oxygen atoms in total. The van der Waals surface area contributed by atoms with Crippen LogP contribution in [0.25, 0.3) is 0 Å². The Morgan fingerprint density at radius 3 is 3.00 bits per heavy atom. The Labute approximate surface area is 101 Å². The van der Waals surface area contributed by atoms with Crippen LogP contribution in [0.2, 0.25) is 0 Å². The number of carbonyl (C=O) groups excluding carboxylic acids is 1. The molecule has 1 aromatic heterocycles. The number of rotatable bonds is 5. The number of aromatic nitrogens is 1. The molecule has 0 radical (unpaired) electrons. The van der Waals surface area contributed by atoms with Gasteiger partial charge in [0.25, 0.3) is 0 Å². The highest BCUT2D eigenvalue weighted by molar-refractivity contribution is 5.77. The first-order chi connectivity index (χ1) is 8.15. The van der Waals surface area contributed by atoms with Crippen molar-refractivity contribution in [1.82, 2.24) is 10.3 Å². The van der Waals surface area contributed by atoms with E-state index in [0.29, 0.717) is 30.5 Å². The summed E-state index contributed by atoms with van der Waals surface area (Å²) < 4.78 is 0. The van der Waals surface area contributed by atoms with E-state index in [1.807, 2.05) is 13.0 Å². The van der Waals surface area contributed by atoms with Crippen LogP contribution in [-0.2, 0) is 4.79 Å². The van der Waals surface area contributed by atoms with Crippen LogP contribution in [0.1, 0.15) is 24.8 Å². The number of amides is 1. The molecule has 1 amide bonds. The number of anilines is 2. The van der Waals surface area contributed by atoms with Gasteiger partial charge in [-0.2, -0.15) is 0 Å². The number of hydrogen-bond acceptors (Lipinski definition) is 4. The predicted molar refractivity (Wildman–Crippen MR) is 67.7 cm³/mol. The van der Waals surface area contributed by atoms with E-state index in [9.17, 15) is 4.79 Å². The van der Waals surface area contributed by atoms with Gasteiger partial charge in [-0.25, -0.2) is 4.98 Å². The van der Waals surface area contributed by atoms with Gasteiger partial charge in [-0.05, 0) is 31.4 Å². The SMILES string of the molecule is Cc1cnc(NCCC(=O)NC2CC2)c(N)c1. The first-order valence-corrected chi connectivity index (χ1v) is 5.90. The molecule has 1 aliphatic rings. The van der Waals surface area contributed by atoms with Crippen molar-refractivity contribution in [1.29, 1.82) is 0 Å². The molecule has 0 bridgehead atoms. The Morgan fingerprint density at radius 2 is 2.35 bits per heavy atom. The molecule has 1 heterocycles. The van der Waals surface area contributed by atoms with Crippen LogP contribution in [-0.4, -0.2) is 23.5 Å². The summed E-state index contributed by atoms with van der Waals surface area (Å²) in [5.41, 5.74) is 7.45. The minimum atomic E-state index is 0.0886. The molecular formula is C12H18N4O. The van der Waals surface area contributed by atoms with Crippen LogP contribution in [0.4, 0.5) is 11.5 Å². The third-order valence-corrected chi connectivity index (χ3v) is 2.64. The fourth-order valence-corrected chi connectivity index (χ4v) is 1.56. The molecular weight excluding hydrogens is 216 g/mol. The zero-order valence-electron chi connectivity index (χ0n) is 9.99. The highest BCUT2D eigenvalue weighted by Gasteiger charge is 2.22. The number of nitrogens with zero attached hydrogens (tertiary/aromatic N) is 1. The molecule has 1 aromatic rings. The summed E-state index contributed by atoms with van der Waals surface area (Å²) in [4.78, 5) is 15.6. The number of nitrogens with one attached hydrogen (secondary N) is 2. The van der Waals surface area contributed by atoms with Crippen molar-refractivity contribution >= 4 is 17.4 Å². The maximum Gasteiger partial charge on any atom is 0.221 e. The van der Waals surface area contributed by atoms with Gasteiger partial charge in [-0.3, -0.25) is 4.79 Å². The van der Waals surface area contributed by atoms with E-state index >= 15 is 0 Å². The van der Waals surface area contributed by atoms with Crippen molar-refractivity contribution in [3.63, 3.8) is 0 Å². The van der Waals surface area contributed by atoms with Gasteiger partial charge >= 0.3 is 0 Å². The van der Waals surface area contributed by atoms with Crippen LogP contribution in [0, 0.1) is 6.92 Å². The van der Waals surface area contributed by atoms with Crippen molar-refractivity contribution in [2.45, 2.75) is 32.2 Å². The summed E-state index contributed by atoms with van der Waals surface area (Å²) in [7, 11) is 0. The maximum absolute atomic E-state index is 11.4. The van der Waals surface area contributed by atoms with Gasteiger partial charge in [-0.1, -0.05) is 0 Å². The monoisotopic (exact) mass is 234 g/mol. The molecule has 1 aliphatic carbocycles. The van der Waals surface area contributed by atoms with Gasteiger partial charge in [0.1, 0.15) is 5.82 Å². The molecule has 1 fully saturated rings. The Hall–Kier alpha value is -1.78. The number of pyridine rings is 1. The molecule has 0 spiro atoms. The van der Waals surface area contributed by atoms with E-state index in [2.05, 4.69) is 15.6 Å². The summed E-state index contributed by atoms with van der Waals surface area (Å²) in [6.07, 6.45) is 4.44. The summed E-state index contributed by atoms with van der Waals surface area (Å²) >= 11 is 0. The lowest BCUT2D eigenvalue weighted by Gasteiger charge is -2.08. The van der Waals surface area contributed by atoms with Gasteiger partial charge in [0, 0.05) is 25.2 Å². The van der Waals surface area contributed by atoms with Crippen LogP contribution >= 0.6 is 0 Å². The van der Waals surface area contributed by atoms with Gasteiger partial charge < -0.3 is 16.4 Å². The van der Waals surface area contributed by atoms with Crippen molar-refractivity contribution in [3.05, 3.63) is 17.8 Å². The molecule has 17 heavy (non-hydrogen) atoms. The Morgan fingerprint density at radius 1 is 1.59 bits per heavy atom. The summed E-state index contributed by atoms with van der Waals surface area (Å²) in [5.74, 6) is 0.737. The zero-order valence-corrected chi connectivity index (χ0v) is 9.99. The Kier molecular flexibility index (Phi) is 3.46. The van der Waals surface area contributed by atoms with E-state index in [1.165, 1.54) is 0 Å². The van der Waals surface area contributed by atoms with E-state index < -0.39 is 0 Å². The summed E-state index contributed by atoms with van der Waals surface area (Å²) in [5, 5.41) is 6.00. The summed E-state index contributed by atoms with van der Waals surface area (Å²) in [6, 6.07) is 2.28. The smallest absolute Gasteiger partial charge is 0.221 e. The second-order valence-corrected chi connectivity index (χ2v) is 4.47. The Bertz CT molecular complexity index is 415. The first kappa shape index (κ1) is 11.7. The number of aryl methyl sites for hydroxylation is 1. The molecule has 4 N–H and O–H groups in total. The lowest BCUT2D eigenvalue weighted by atomic mass is 10.3. The fourth-order valence-electron chi connectivity index (χ4n) is 1.56. The lowest BCUT2D eigenvalue weighted by molar-refractivity contribution is -0.120. The van der Waals surface area contributed by atoms with E-state index in [0.717, 1.165) is 18.4 Å². The van der Waals surface area contributed by atoms with Crippen molar-refractivity contribution in [2.75, 3.05) is 17.6 Å². The second kappa shape index (κ2) is 5.03. The van der Waals surface area contributed by atoms with Gasteiger partial charge in [0.2, 0.25) is 5.91 Å². The molecule has 0 atom stereocenters. The van der Waals surface area contributed by atoms with Crippen LogP contribution in [0.15, 0.2) is 12.3 Å². The topological polar surface area (TPSA) is 80.0 Å². The van der Waals surface area contributed by atoms with Gasteiger partial charge in [0.05, 0.1) is 5.69 Å². The molecule has 92 valence electrons. The number of nitrogen functional groups attached to an aromatic ring is 1. The molecule has 0 saturated heterocycles. The largest absolute Gasteiger partial charge is 0.396 e. The molecule has 1 saturated carbocycles. The zero-order chi connectivity index (χ0) is 12.3. The van der Waals surface area contributed by atoms with E-state index in [1.54, 1.807) is 6.20 Å². The predicted octanol–water partition coefficient (Wildman–Crippen LogP) is 1.05. The van der Waals surface area contributed by atoms with Gasteiger partial charge in [0.15, 0.2) is 0 Å². The number of hydrogen-bond donors (Lipinski definition) is 3. The van der Waals surface area contributed by atoms with Crippen molar-refractivity contribution in [3.8, 4) is 0 Å². The summed E-state index contributed by atoms with van der Waals surface area (Å²) in [6.45, 7) is 2.50. The molecule has 2 rings (SSSR count). The van der Waals surface area contributed by atoms with Crippen LogP contribution in [0.3, 0.4) is 0 Å². The second-order valence-electron chi connectivity index (χ2n) is 4.47. The number of nitrogens with two attached hydrogens (primary N) is 1. The highest BCUT2D eigenvalue weighted by Crippen LogP contribution is 2.19. The van der Waals surface area contributed by atoms with Crippen molar-refractivity contribution < 1.29 is 4.79 Å². The fraction of sp³-hybridized carbons (Fsp3) is 0.500. The number of carbonyl (C=O) groups is 1. The van der Waals surface area contributed by atoms with E-state index in [4.69, 9.17) is 5.73 Å². The quantitative estimate of drug-likeness (QED) is 0.711. The average Bonchev–Trinajstić information content (AvgIpc) is 3.05. The average molecular weight is 234 g/mol. The maximum atomic E-state index is 11.4. The highest BCUT2D eigenvalue weighted by atomic mass is 16.1. The third-order valence-electron chi connectivity index (χ3n) is 2.64. The minimum absolute atomic E-state index is 0.0886. The first-order valence-electron chi connectivity index (χ1n) is 5.90. The molecule has 5 heteroatoms. The minimum Gasteiger partial charge on any atom is -0.396 e. The molecule has 0 aromatic carbocycles. The third kappa shape index (κ3) is 3.62. The van der Waals surface area contributed by atoms with Crippen LogP contribution < -0.4 is 16.4 Å². The lowest BCUT2D eigenvalue weighted by Crippen LogP contribution is -2.27. The van der Waals surface area contributed by atoms with E-state index in [-0.39, 0.29) is 5.91 Å². The Balaban J connectivity index is 1.75. The standard InChI is InChI=1S/C12H18N4O/c1-8-6-10(13)12(15-7-8)14-5-4-11(17)16-9-2-3-9/h6-7,9H,2-5,13H2,1H3,(H,14,15)(H,16,17). The molecule has 0 aliphatic heterocycles.